The van der Waals surface area contributed by atoms with Gasteiger partial charge in [-0.25, -0.2) is 0 Å². The highest BCUT2D eigenvalue weighted by Gasteiger charge is 2.26. The third-order valence-corrected chi connectivity index (χ3v) is 3.51. The Kier molecular flexibility index (Phi) is 11.1. The summed E-state index contributed by atoms with van der Waals surface area (Å²) in [7, 11) is 0. The zero-order valence-corrected chi connectivity index (χ0v) is 13.3. The van der Waals surface area contributed by atoms with Crippen LogP contribution in [0.2, 0.25) is 0 Å². The average Bonchev–Trinajstić information content (AvgIpc) is 3.37. The van der Waals surface area contributed by atoms with Crippen molar-refractivity contribution in [2.75, 3.05) is 33.0 Å². The number of unbranched alkanes of at least 4 members (excludes halogenated alkanes) is 5. The van der Waals surface area contributed by atoms with Gasteiger partial charge in [-0.15, -0.1) is 0 Å². The van der Waals surface area contributed by atoms with Crippen molar-refractivity contribution in [3.8, 4) is 0 Å². The molecule has 2 rings (SSSR count). The lowest BCUT2D eigenvalue weighted by atomic mass is 10.1. The summed E-state index contributed by atoms with van der Waals surface area (Å²) in [4.78, 5) is 0. The van der Waals surface area contributed by atoms with Gasteiger partial charge in [-0.1, -0.05) is 45.4 Å². The van der Waals surface area contributed by atoms with Crippen molar-refractivity contribution in [3.63, 3.8) is 0 Å². The third kappa shape index (κ3) is 13.2. The van der Waals surface area contributed by atoms with Gasteiger partial charge in [0.1, 0.15) is 12.2 Å². The molecule has 0 bridgehead atoms. The van der Waals surface area contributed by atoms with Crippen LogP contribution in [0, 0.1) is 0 Å². The maximum Gasteiger partial charge on any atom is 0.104 e. The molecule has 126 valence electrons. The van der Waals surface area contributed by atoms with Crippen LogP contribution in [0.15, 0.2) is 0 Å². The summed E-state index contributed by atoms with van der Waals surface area (Å²) in [5, 5.41) is 17.5. The lowest BCUT2D eigenvalue weighted by molar-refractivity contribution is 0.0860. The molecule has 2 heterocycles. The predicted octanol–water partition coefficient (Wildman–Crippen LogP) is 1.89. The molecule has 0 spiro atoms. The summed E-state index contributed by atoms with van der Waals surface area (Å²) in [6.07, 6.45) is 8.47. The lowest BCUT2D eigenvalue weighted by Gasteiger charge is -2.05. The second kappa shape index (κ2) is 12.4. The Morgan fingerprint density at radius 2 is 1.52 bits per heavy atom. The van der Waals surface area contributed by atoms with E-state index in [-0.39, 0.29) is 6.61 Å². The Morgan fingerprint density at radius 3 is 2.00 bits per heavy atom. The van der Waals surface area contributed by atoms with E-state index < -0.39 is 6.10 Å². The molecule has 2 saturated heterocycles. The number of epoxide rings is 2. The smallest absolute Gasteiger partial charge is 0.104 e. The molecule has 0 aromatic carbocycles. The molecule has 0 saturated carbocycles. The number of ether oxygens (including phenoxy) is 3. The molecular weight excluding hydrogens is 272 g/mol. The number of aliphatic hydroxyl groups is 2. The molecular formula is C16H32O5. The minimum Gasteiger partial charge on any atom is -0.394 e. The van der Waals surface area contributed by atoms with Gasteiger partial charge in [-0.2, -0.15) is 0 Å². The van der Waals surface area contributed by atoms with Crippen LogP contribution < -0.4 is 0 Å². The lowest BCUT2D eigenvalue weighted by Crippen LogP contribution is -2.10. The molecule has 5 nitrogen and oxygen atoms in total. The van der Waals surface area contributed by atoms with E-state index in [4.69, 9.17) is 24.4 Å². The minimum atomic E-state index is -0.490. The van der Waals surface area contributed by atoms with E-state index in [1.54, 1.807) is 0 Å². The Bertz CT molecular complexity index is 217. The number of rotatable bonds is 12. The molecule has 3 atom stereocenters. The Hall–Kier alpha value is -0.200. The van der Waals surface area contributed by atoms with E-state index in [9.17, 15) is 0 Å². The quantitative estimate of drug-likeness (QED) is 0.425. The normalized spacial score (nSPS) is 24.1. The summed E-state index contributed by atoms with van der Waals surface area (Å²) in [6.45, 7) is 5.38. The van der Waals surface area contributed by atoms with Gasteiger partial charge in [0.15, 0.2) is 0 Å². The van der Waals surface area contributed by atoms with Gasteiger partial charge in [0.25, 0.3) is 0 Å². The molecule has 0 amide bonds. The molecule has 2 fully saturated rings. The molecule has 3 unspecified atom stereocenters. The van der Waals surface area contributed by atoms with Crippen LogP contribution >= 0.6 is 0 Å². The van der Waals surface area contributed by atoms with Gasteiger partial charge in [0.05, 0.1) is 39.1 Å². The summed E-state index contributed by atoms with van der Waals surface area (Å²) < 4.78 is 15.1. The second-order valence-electron chi connectivity index (χ2n) is 5.84. The van der Waals surface area contributed by atoms with Crippen LogP contribution in [0.25, 0.3) is 0 Å². The van der Waals surface area contributed by atoms with E-state index in [0.29, 0.717) is 12.2 Å². The maximum atomic E-state index is 9.01. The monoisotopic (exact) mass is 304 g/mol. The van der Waals surface area contributed by atoms with Crippen molar-refractivity contribution >= 4 is 0 Å². The van der Waals surface area contributed by atoms with Gasteiger partial charge < -0.3 is 24.4 Å². The zero-order chi connectivity index (χ0) is 15.3. The first-order chi connectivity index (χ1) is 10.3. The van der Waals surface area contributed by atoms with Crippen molar-refractivity contribution in [1.82, 2.24) is 0 Å². The topological polar surface area (TPSA) is 74.8 Å². The van der Waals surface area contributed by atoms with Crippen molar-refractivity contribution in [3.05, 3.63) is 0 Å². The van der Waals surface area contributed by atoms with E-state index in [1.807, 2.05) is 0 Å². The largest absolute Gasteiger partial charge is 0.394 e. The molecule has 21 heavy (non-hydrogen) atoms. The number of hydrogen-bond acceptors (Lipinski definition) is 5. The minimum absolute atomic E-state index is 0.0883. The molecule has 5 heteroatoms. The van der Waals surface area contributed by atoms with E-state index in [2.05, 4.69) is 6.92 Å². The van der Waals surface area contributed by atoms with Crippen LogP contribution in [0.4, 0.5) is 0 Å². The van der Waals surface area contributed by atoms with Crippen LogP contribution in [-0.2, 0) is 14.2 Å². The molecule has 0 radical (unpaired) electrons. The number of hydrogen-bond donors (Lipinski definition) is 2. The predicted molar refractivity (Wildman–Crippen MR) is 81.4 cm³/mol. The van der Waals surface area contributed by atoms with Gasteiger partial charge in [-0.05, 0) is 6.42 Å². The molecule has 0 aromatic heterocycles. The highest BCUT2D eigenvalue weighted by atomic mass is 16.6. The van der Waals surface area contributed by atoms with Crippen molar-refractivity contribution < 1.29 is 24.4 Å². The summed E-state index contributed by atoms with van der Waals surface area (Å²) in [5.74, 6) is 0. The fourth-order valence-corrected chi connectivity index (χ4v) is 1.91. The van der Waals surface area contributed by atoms with E-state index in [0.717, 1.165) is 39.3 Å². The SMILES string of the molecule is C(OCC1CO1)C1CO1.CCCCCCCCC(O)CO. The maximum absolute atomic E-state index is 9.01. The highest BCUT2D eigenvalue weighted by molar-refractivity contribution is 4.71. The van der Waals surface area contributed by atoms with Crippen molar-refractivity contribution in [1.29, 1.82) is 0 Å². The summed E-state index contributed by atoms with van der Waals surface area (Å²) in [5.41, 5.74) is 0. The van der Waals surface area contributed by atoms with Crippen molar-refractivity contribution in [2.24, 2.45) is 0 Å². The van der Waals surface area contributed by atoms with Crippen LogP contribution in [0.1, 0.15) is 51.9 Å². The first-order valence-corrected chi connectivity index (χ1v) is 8.36. The third-order valence-electron chi connectivity index (χ3n) is 3.51. The van der Waals surface area contributed by atoms with Gasteiger partial charge >= 0.3 is 0 Å². The first-order valence-electron chi connectivity index (χ1n) is 8.36. The van der Waals surface area contributed by atoms with Crippen molar-refractivity contribution in [2.45, 2.75) is 70.2 Å². The standard InChI is InChI=1S/C10H22O2.C6H10O3/c1-2-3-4-5-6-7-8-10(12)9-11;1(5-3-8-5)7-2-6-4-9-6/h10-12H,2-9H2,1H3;5-6H,1-4H2. The number of aliphatic hydroxyl groups excluding tert-OH is 2. The van der Waals surface area contributed by atoms with Gasteiger partial charge in [-0.3, -0.25) is 0 Å². The summed E-state index contributed by atoms with van der Waals surface area (Å²) in [6, 6.07) is 0. The van der Waals surface area contributed by atoms with Gasteiger partial charge in [0, 0.05) is 0 Å². The molecule has 0 aliphatic carbocycles. The van der Waals surface area contributed by atoms with Gasteiger partial charge in [0.2, 0.25) is 0 Å². The van der Waals surface area contributed by atoms with Crippen LogP contribution in [0.5, 0.6) is 0 Å². The fraction of sp³-hybridized carbons (Fsp3) is 1.00. The summed E-state index contributed by atoms with van der Waals surface area (Å²) >= 11 is 0. The van der Waals surface area contributed by atoms with E-state index >= 15 is 0 Å². The molecule has 0 aromatic rings. The zero-order valence-electron chi connectivity index (χ0n) is 13.3. The second-order valence-corrected chi connectivity index (χ2v) is 5.84. The average molecular weight is 304 g/mol. The highest BCUT2D eigenvalue weighted by Crippen LogP contribution is 2.12. The first kappa shape index (κ1) is 18.8. The molecule has 2 N–H and O–H groups in total. The fourth-order valence-electron chi connectivity index (χ4n) is 1.91. The molecule has 2 aliphatic heterocycles. The van der Waals surface area contributed by atoms with Crippen LogP contribution in [-0.4, -0.2) is 61.6 Å². The molecule has 2 aliphatic rings. The van der Waals surface area contributed by atoms with Crippen LogP contribution in [0.3, 0.4) is 0 Å². The Morgan fingerprint density at radius 1 is 1.00 bits per heavy atom. The Balaban J connectivity index is 0.000000216. The Labute approximate surface area is 128 Å². The van der Waals surface area contributed by atoms with E-state index in [1.165, 1.54) is 32.1 Å².